The monoisotopic (exact) mass is 514 g/mol. The number of aromatic nitrogens is 1. The predicted octanol–water partition coefficient (Wildman–Crippen LogP) is 3.51. The van der Waals surface area contributed by atoms with Crippen LogP contribution in [-0.4, -0.2) is 90.9 Å². The molecular formula is C29H34N6O3. The van der Waals surface area contributed by atoms with E-state index >= 15 is 0 Å². The van der Waals surface area contributed by atoms with Gasteiger partial charge in [0.25, 0.3) is 5.89 Å². The third-order valence-electron chi connectivity index (χ3n) is 8.11. The van der Waals surface area contributed by atoms with Crippen molar-refractivity contribution in [2.45, 2.75) is 38.8 Å². The van der Waals surface area contributed by atoms with Gasteiger partial charge in [-0.1, -0.05) is 30.3 Å². The summed E-state index contributed by atoms with van der Waals surface area (Å²) in [5.41, 5.74) is 4.93. The first kappa shape index (κ1) is 25.7. The van der Waals surface area contributed by atoms with Crippen molar-refractivity contribution in [1.29, 1.82) is 5.26 Å². The van der Waals surface area contributed by atoms with E-state index in [-0.39, 0.29) is 23.7 Å². The van der Waals surface area contributed by atoms with Gasteiger partial charge in [-0.25, -0.2) is 4.98 Å². The largest absolute Gasteiger partial charge is 0.430 e. The Morgan fingerprint density at radius 1 is 1.08 bits per heavy atom. The smallest absolute Gasteiger partial charge is 0.309 e. The average Bonchev–Trinajstić information content (AvgIpc) is 3.67. The van der Waals surface area contributed by atoms with Crippen LogP contribution in [0.1, 0.15) is 41.6 Å². The quantitative estimate of drug-likeness (QED) is 0.514. The molecule has 2 saturated heterocycles. The molecule has 2 amide bonds. The summed E-state index contributed by atoms with van der Waals surface area (Å²) in [4.78, 5) is 37.9. The van der Waals surface area contributed by atoms with Gasteiger partial charge in [-0.15, -0.1) is 0 Å². The summed E-state index contributed by atoms with van der Waals surface area (Å²) in [6, 6.07) is 12.6. The number of hydrogen-bond donors (Lipinski definition) is 0. The number of fused-ring (bicyclic) bond motifs is 1. The van der Waals surface area contributed by atoms with Crippen LogP contribution in [0.5, 0.6) is 0 Å². The van der Waals surface area contributed by atoms with Gasteiger partial charge in [0.05, 0.1) is 17.3 Å². The zero-order valence-electron chi connectivity index (χ0n) is 22.7. The number of hydrogen-bond acceptors (Lipinski definition) is 7. The summed E-state index contributed by atoms with van der Waals surface area (Å²) in [7, 11) is 5.90. The molecule has 2 aromatic carbocycles. The van der Waals surface area contributed by atoms with Crippen LogP contribution in [0.3, 0.4) is 0 Å². The topological polar surface area (TPSA) is 96.9 Å². The number of carbonyl (C=O) groups is 2. The second kappa shape index (κ2) is 10.1. The first-order chi connectivity index (χ1) is 18.2. The summed E-state index contributed by atoms with van der Waals surface area (Å²) in [5, 5.41) is 10.2. The second-order valence-electron chi connectivity index (χ2n) is 10.6. The van der Waals surface area contributed by atoms with Gasteiger partial charge in [-0.3, -0.25) is 9.59 Å². The zero-order valence-corrected chi connectivity index (χ0v) is 22.7. The van der Waals surface area contributed by atoms with E-state index < -0.39 is 0 Å². The Morgan fingerprint density at radius 3 is 2.39 bits per heavy atom. The molecule has 9 nitrogen and oxygen atoms in total. The van der Waals surface area contributed by atoms with E-state index in [0.29, 0.717) is 42.2 Å². The molecule has 0 saturated carbocycles. The molecule has 5 rings (SSSR count). The highest BCUT2D eigenvalue weighted by Gasteiger charge is 2.35. The molecule has 2 fully saturated rings. The minimum atomic E-state index is -0.349. The van der Waals surface area contributed by atoms with Crippen molar-refractivity contribution in [3.8, 4) is 17.2 Å². The standard InChI is InChI=1S/C29H34N6O3/c1-18-23(15-30)25-27(38-28(31-25)29(37)33(5)22-12-13-34(17-22)19(2)36)26(24(18)20-9-7-6-8-10-20)35-14-11-21(16-35)32(3)4/h6-10,21-22H,11-14,16-17H2,1-5H3/t21-,22?/m0/s1. The fourth-order valence-electron chi connectivity index (χ4n) is 5.76. The lowest BCUT2D eigenvalue weighted by Crippen LogP contribution is -2.39. The lowest BCUT2D eigenvalue weighted by molar-refractivity contribution is -0.127. The molecule has 2 aliphatic heterocycles. The SMILES string of the molecule is CC(=O)N1CCC(N(C)C(=O)c2nc3c(C#N)c(C)c(-c4ccccc4)c(N4CC[C@H](N(C)C)C4)c3o2)C1. The van der Waals surface area contributed by atoms with Crippen LogP contribution < -0.4 is 4.90 Å². The molecule has 0 radical (unpaired) electrons. The number of likely N-dealkylation sites (tertiary alicyclic amines) is 1. The van der Waals surface area contributed by atoms with Crippen LogP contribution in [0.4, 0.5) is 5.69 Å². The molecule has 0 N–H and O–H groups in total. The van der Waals surface area contributed by atoms with Crippen LogP contribution in [0.15, 0.2) is 34.7 Å². The molecule has 2 atom stereocenters. The second-order valence-corrected chi connectivity index (χ2v) is 10.6. The van der Waals surface area contributed by atoms with E-state index in [2.05, 4.69) is 34.9 Å². The molecule has 3 aromatic rings. The Morgan fingerprint density at radius 2 is 1.79 bits per heavy atom. The van der Waals surface area contributed by atoms with E-state index in [0.717, 1.165) is 41.9 Å². The number of benzene rings is 2. The maximum atomic E-state index is 13.6. The average molecular weight is 515 g/mol. The fraction of sp³-hybridized carbons (Fsp3) is 0.448. The van der Waals surface area contributed by atoms with Gasteiger partial charge < -0.3 is 24.0 Å². The third-order valence-corrected chi connectivity index (χ3v) is 8.11. The van der Waals surface area contributed by atoms with Crippen LogP contribution in [0.2, 0.25) is 0 Å². The van der Waals surface area contributed by atoms with Crippen molar-refractivity contribution in [2.24, 2.45) is 0 Å². The van der Waals surface area contributed by atoms with Gasteiger partial charge in [0.15, 0.2) is 5.58 Å². The summed E-state index contributed by atoms with van der Waals surface area (Å²) < 4.78 is 6.29. The van der Waals surface area contributed by atoms with Gasteiger partial charge in [0, 0.05) is 51.8 Å². The molecule has 0 aliphatic carbocycles. The first-order valence-corrected chi connectivity index (χ1v) is 13.1. The number of amides is 2. The fourth-order valence-corrected chi connectivity index (χ4v) is 5.76. The van der Waals surface area contributed by atoms with Crippen molar-refractivity contribution in [3.63, 3.8) is 0 Å². The number of anilines is 1. The van der Waals surface area contributed by atoms with Crippen LogP contribution >= 0.6 is 0 Å². The Kier molecular flexibility index (Phi) is 6.84. The highest BCUT2D eigenvalue weighted by molar-refractivity contribution is 6.04. The van der Waals surface area contributed by atoms with Gasteiger partial charge in [0.2, 0.25) is 5.91 Å². The van der Waals surface area contributed by atoms with E-state index in [1.54, 1.807) is 23.8 Å². The Balaban J connectivity index is 1.64. The zero-order chi connectivity index (χ0) is 27.1. The van der Waals surface area contributed by atoms with Gasteiger partial charge in [-0.05, 0) is 45.0 Å². The lowest BCUT2D eigenvalue weighted by atomic mass is 9.93. The number of rotatable bonds is 5. The van der Waals surface area contributed by atoms with Crippen molar-refractivity contribution in [3.05, 3.63) is 47.3 Å². The summed E-state index contributed by atoms with van der Waals surface area (Å²) in [5.74, 6) is -0.378. The van der Waals surface area contributed by atoms with E-state index in [4.69, 9.17) is 4.42 Å². The summed E-state index contributed by atoms with van der Waals surface area (Å²) in [6.07, 6.45) is 1.70. The summed E-state index contributed by atoms with van der Waals surface area (Å²) in [6.45, 7) is 6.23. The van der Waals surface area contributed by atoms with Crippen LogP contribution in [0, 0.1) is 18.3 Å². The van der Waals surface area contributed by atoms with Crippen molar-refractivity contribution >= 4 is 28.6 Å². The Bertz CT molecular complexity index is 1420. The van der Waals surface area contributed by atoms with Gasteiger partial charge in [-0.2, -0.15) is 5.26 Å². The Hall–Kier alpha value is -3.90. The molecule has 9 heteroatoms. The molecular weight excluding hydrogens is 480 g/mol. The highest BCUT2D eigenvalue weighted by Crippen LogP contribution is 2.44. The maximum Gasteiger partial charge on any atom is 0.309 e. The molecule has 1 unspecified atom stereocenters. The van der Waals surface area contributed by atoms with Crippen molar-refractivity contribution in [2.75, 3.05) is 52.2 Å². The number of nitriles is 1. The molecule has 3 heterocycles. The van der Waals surface area contributed by atoms with E-state index in [9.17, 15) is 14.9 Å². The van der Waals surface area contributed by atoms with Gasteiger partial charge in [0.1, 0.15) is 11.6 Å². The third kappa shape index (κ3) is 4.39. The van der Waals surface area contributed by atoms with Crippen LogP contribution in [0.25, 0.3) is 22.2 Å². The van der Waals surface area contributed by atoms with E-state index in [1.807, 2.05) is 37.3 Å². The number of likely N-dealkylation sites (N-methyl/N-ethyl adjacent to an activating group) is 2. The minimum absolute atomic E-state index is 0.00377. The molecule has 198 valence electrons. The number of nitrogens with zero attached hydrogens (tertiary/aromatic N) is 6. The molecule has 1 aromatic heterocycles. The molecule has 0 bridgehead atoms. The maximum absolute atomic E-state index is 13.6. The summed E-state index contributed by atoms with van der Waals surface area (Å²) >= 11 is 0. The normalized spacial score (nSPS) is 19.4. The lowest BCUT2D eigenvalue weighted by Gasteiger charge is -2.25. The van der Waals surface area contributed by atoms with Crippen LogP contribution in [-0.2, 0) is 4.79 Å². The number of oxazole rings is 1. The Labute approximate surface area is 223 Å². The van der Waals surface area contributed by atoms with Gasteiger partial charge >= 0.3 is 5.91 Å². The van der Waals surface area contributed by atoms with Crippen molar-refractivity contribution in [1.82, 2.24) is 19.7 Å². The molecule has 2 aliphatic rings. The van der Waals surface area contributed by atoms with E-state index in [1.165, 1.54) is 0 Å². The molecule has 38 heavy (non-hydrogen) atoms. The number of carbonyl (C=O) groups excluding carboxylic acids is 2. The minimum Gasteiger partial charge on any atom is -0.430 e. The van der Waals surface area contributed by atoms with Crippen molar-refractivity contribution < 1.29 is 14.0 Å². The highest BCUT2D eigenvalue weighted by atomic mass is 16.4. The first-order valence-electron chi connectivity index (χ1n) is 13.1. The molecule has 0 spiro atoms. The predicted molar refractivity (Wildman–Crippen MR) is 146 cm³/mol.